The highest BCUT2D eigenvalue weighted by atomic mass is 16.2. The number of hydrogen-bond acceptors (Lipinski definition) is 3. The highest BCUT2D eigenvalue weighted by Crippen LogP contribution is 2.31. The van der Waals surface area contributed by atoms with Crippen LogP contribution in [-0.2, 0) is 14.4 Å². The molecule has 2 rings (SSSR count). The van der Waals surface area contributed by atoms with Gasteiger partial charge >= 0.3 is 0 Å². The maximum Gasteiger partial charge on any atom is 0.251 e. The van der Waals surface area contributed by atoms with Crippen molar-refractivity contribution in [3.63, 3.8) is 0 Å². The van der Waals surface area contributed by atoms with Crippen LogP contribution in [0.5, 0.6) is 0 Å². The Balaban J connectivity index is 2.09. The summed E-state index contributed by atoms with van der Waals surface area (Å²) in [6.07, 6.45) is 8.53. The van der Waals surface area contributed by atoms with E-state index in [1.165, 1.54) is 32.1 Å². The molecule has 0 spiro atoms. The van der Waals surface area contributed by atoms with Gasteiger partial charge in [0.25, 0.3) is 5.91 Å². The maximum atomic E-state index is 13.1. The Kier molecular flexibility index (Phi) is 9.86. The van der Waals surface area contributed by atoms with Gasteiger partial charge in [-0.05, 0) is 52.4 Å². The Labute approximate surface area is 182 Å². The van der Waals surface area contributed by atoms with Gasteiger partial charge in [0.1, 0.15) is 0 Å². The molecule has 2 aliphatic rings. The van der Waals surface area contributed by atoms with Crippen LogP contribution in [0.2, 0.25) is 0 Å². The molecule has 0 saturated heterocycles. The molecule has 0 aromatic rings. The number of hydrogen-bond donors (Lipinski definition) is 1. The predicted molar refractivity (Wildman–Crippen MR) is 120 cm³/mol. The van der Waals surface area contributed by atoms with Crippen LogP contribution in [-0.4, -0.2) is 53.7 Å². The van der Waals surface area contributed by atoms with E-state index in [0.717, 1.165) is 18.5 Å². The van der Waals surface area contributed by atoms with Crippen molar-refractivity contribution in [2.24, 2.45) is 11.8 Å². The molecule has 1 aliphatic heterocycles. The molecule has 1 aliphatic carbocycles. The summed E-state index contributed by atoms with van der Waals surface area (Å²) in [5.74, 6) is 0.0340. The first-order valence-corrected chi connectivity index (χ1v) is 12.0. The Morgan fingerprint density at radius 3 is 2.37 bits per heavy atom. The zero-order chi connectivity index (χ0) is 22.1. The van der Waals surface area contributed by atoms with Crippen molar-refractivity contribution >= 4 is 17.7 Å². The lowest BCUT2D eigenvalue weighted by Gasteiger charge is -2.36. The number of amides is 3. The highest BCUT2D eigenvalue weighted by Gasteiger charge is 2.37. The molecule has 0 radical (unpaired) electrons. The highest BCUT2D eigenvalue weighted by molar-refractivity contribution is 5.98. The fourth-order valence-corrected chi connectivity index (χ4v) is 4.67. The number of likely N-dealkylation sites (N-methyl/N-ethyl adjacent to an activating group) is 1. The van der Waals surface area contributed by atoms with E-state index in [4.69, 9.17) is 0 Å². The molecule has 6 nitrogen and oxygen atoms in total. The lowest BCUT2D eigenvalue weighted by atomic mass is 9.87. The van der Waals surface area contributed by atoms with Crippen LogP contribution in [0.15, 0.2) is 11.3 Å². The molecule has 1 saturated carbocycles. The molecule has 3 amide bonds. The molecular weight excluding hydrogens is 378 g/mol. The van der Waals surface area contributed by atoms with E-state index in [1.54, 1.807) is 9.80 Å². The normalized spacial score (nSPS) is 20.5. The standard InChI is InChI=1S/C24H41N3O3/c1-5-8-14-27-18(4)21(24(30)26(6-2)7-3)15-20(23(27)29)16-22(28)25-17-19-12-10-9-11-13-19/h19-20H,5-17H2,1-4H3,(H,25,28). The number of carbonyl (C=O) groups excluding carboxylic acids is 3. The summed E-state index contributed by atoms with van der Waals surface area (Å²) in [6.45, 7) is 10.5. The molecule has 0 bridgehead atoms. The van der Waals surface area contributed by atoms with Gasteiger partial charge in [0.2, 0.25) is 11.8 Å². The summed E-state index contributed by atoms with van der Waals surface area (Å²) >= 11 is 0. The van der Waals surface area contributed by atoms with Gasteiger partial charge in [-0.15, -0.1) is 0 Å². The van der Waals surface area contributed by atoms with Crippen LogP contribution in [0.3, 0.4) is 0 Å². The van der Waals surface area contributed by atoms with Crippen molar-refractivity contribution < 1.29 is 14.4 Å². The van der Waals surface area contributed by atoms with E-state index >= 15 is 0 Å². The third kappa shape index (κ3) is 6.32. The fraction of sp³-hybridized carbons (Fsp3) is 0.792. The molecule has 1 N–H and O–H groups in total. The smallest absolute Gasteiger partial charge is 0.251 e. The summed E-state index contributed by atoms with van der Waals surface area (Å²) in [7, 11) is 0. The van der Waals surface area contributed by atoms with Crippen LogP contribution in [0, 0.1) is 11.8 Å². The average Bonchev–Trinajstić information content (AvgIpc) is 2.75. The van der Waals surface area contributed by atoms with Crippen molar-refractivity contribution in [1.82, 2.24) is 15.1 Å². The van der Waals surface area contributed by atoms with Gasteiger partial charge in [-0.25, -0.2) is 0 Å². The van der Waals surface area contributed by atoms with Crippen molar-refractivity contribution in [2.75, 3.05) is 26.2 Å². The zero-order valence-electron chi connectivity index (χ0n) is 19.5. The number of rotatable bonds is 10. The third-order valence-corrected chi connectivity index (χ3v) is 6.70. The van der Waals surface area contributed by atoms with Gasteiger partial charge in [-0.3, -0.25) is 14.4 Å². The number of nitrogens with zero attached hydrogens (tertiary/aromatic N) is 2. The van der Waals surface area contributed by atoms with E-state index < -0.39 is 5.92 Å². The van der Waals surface area contributed by atoms with Crippen LogP contribution in [0.25, 0.3) is 0 Å². The van der Waals surface area contributed by atoms with E-state index in [1.807, 2.05) is 20.8 Å². The minimum atomic E-state index is -0.452. The van der Waals surface area contributed by atoms with Gasteiger partial charge in [0.15, 0.2) is 0 Å². The minimum Gasteiger partial charge on any atom is -0.356 e. The topological polar surface area (TPSA) is 69.7 Å². The van der Waals surface area contributed by atoms with Crippen LogP contribution >= 0.6 is 0 Å². The van der Waals surface area contributed by atoms with Gasteiger partial charge < -0.3 is 15.1 Å². The molecule has 6 heteroatoms. The Hall–Kier alpha value is -1.85. The predicted octanol–water partition coefficient (Wildman–Crippen LogP) is 3.86. The SMILES string of the molecule is CCCCN1C(=O)C(CC(=O)NCC2CCCCC2)CC(C(=O)N(CC)CC)=C1C. The monoisotopic (exact) mass is 419 g/mol. The first-order valence-electron chi connectivity index (χ1n) is 12.0. The van der Waals surface area contributed by atoms with Crippen molar-refractivity contribution in [1.29, 1.82) is 0 Å². The first-order chi connectivity index (χ1) is 14.4. The summed E-state index contributed by atoms with van der Waals surface area (Å²) in [5, 5.41) is 3.06. The number of carbonyl (C=O) groups is 3. The van der Waals surface area contributed by atoms with E-state index in [2.05, 4.69) is 12.2 Å². The Morgan fingerprint density at radius 1 is 1.10 bits per heavy atom. The molecular formula is C24H41N3O3. The van der Waals surface area contributed by atoms with E-state index in [-0.39, 0.29) is 24.1 Å². The van der Waals surface area contributed by atoms with E-state index in [0.29, 0.717) is 44.1 Å². The molecule has 30 heavy (non-hydrogen) atoms. The fourth-order valence-electron chi connectivity index (χ4n) is 4.67. The van der Waals surface area contributed by atoms with Gasteiger partial charge in [-0.2, -0.15) is 0 Å². The number of allylic oxidation sites excluding steroid dienone is 1. The summed E-state index contributed by atoms with van der Waals surface area (Å²) in [4.78, 5) is 42.4. The van der Waals surface area contributed by atoms with Crippen molar-refractivity contribution in [2.45, 2.75) is 85.5 Å². The molecule has 1 heterocycles. The van der Waals surface area contributed by atoms with Crippen LogP contribution in [0.1, 0.15) is 85.5 Å². The first kappa shape index (κ1) is 24.4. The molecule has 1 atom stereocenters. The van der Waals surface area contributed by atoms with Gasteiger partial charge in [0.05, 0.1) is 5.92 Å². The molecule has 0 aromatic carbocycles. The summed E-state index contributed by atoms with van der Waals surface area (Å²) in [5.41, 5.74) is 1.46. The van der Waals surface area contributed by atoms with E-state index in [9.17, 15) is 14.4 Å². The lowest BCUT2D eigenvalue weighted by molar-refractivity contribution is -0.138. The third-order valence-electron chi connectivity index (χ3n) is 6.70. The minimum absolute atomic E-state index is 0.000822. The molecule has 1 unspecified atom stereocenters. The second kappa shape index (κ2) is 12.1. The quantitative estimate of drug-likeness (QED) is 0.584. The number of nitrogens with one attached hydrogen (secondary N) is 1. The summed E-state index contributed by atoms with van der Waals surface area (Å²) in [6, 6.07) is 0. The Morgan fingerprint density at radius 2 is 1.77 bits per heavy atom. The molecule has 0 aromatic heterocycles. The van der Waals surface area contributed by atoms with Crippen molar-refractivity contribution in [3.8, 4) is 0 Å². The largest absolute Gasteiger partial charge is 0.356 e. The van der Waals surface area contributed by atoms with Crippen LogP contribution < -0.4 is 5.32 Å². The maximum absolute atomic E-state index is 13.1. The molecule has 1 fully saturated rings. The lowest BCUT2D eigenvalue weighted by Crippen LogP contribution is -2.45. The van der Waals surface area contributed by atoms with Gasteiger partial charge in [-0.1, -0.05) is 32.6 Å². The van der Waals surface area contributed by atoms with Crippen LogP contribution in [0.4, 0.5) is 0 Å². The molecule has 170 valence electrons. The Bertz CT molecular complexity index is 634. The van der Waals surface area contributed by atoms with Gasteiger partial charge in [0, 0.05) is 43.9 Å². The number of unbranched alkanes of at least 4 members (excludes halogenated alkanes) is 1. The second-order valence-corrected chi connectivity index (χ2v) is 8.80. The van der Waals surface area contributed by atoms with Crippen molar-refractivity contribution in [3.05, 3.63) is 11.3 Å². The second-order valence-electron chi connectivity index (χ2n) is 8.80. The zero-order valence-corrected chi connectivity index (χ0v) is 19.5. The average molecular weight is 420 g/mol. The summed E-state index contributed by atoms with van der Waals surface area (Å²) < 4.78 is 0.